The average Bonchev–Trinajstić information content (AvgIpc) is 2.64. The number of thiazole rings is 1. The molecule has 0 fully saturated rings. The minimum Gasteiger partial charge on any atom is -0.245 e. The van der Waals surface area contributed by atoms with Gasteiger partial charge in [0, 0.05) is 10.9 Å². The molecule has 72 valence electrons. The van der Waals surface area contributed by atoms with Gasteiger partial charge in [-0.2, -0.15) is 0 Å². The first-order chi connectivity index (χ1) is 6.68. The molecule has 0 aliphatic heterocycles. The molecule has 0 saturated carbocycles. The van der Waals surface area contributed by atoms with Crippen molar-refractivity contribution in [3.05, 3.63) is 38.1 Å². The molecule has 2 aromatic rings. The van der Waals surface area contributed by atoms with Gasteiger partial charge in [0.05, 0.1) is 26.3 Å². The van der Waals surface area contributed by atoms with E-state index in [0.717, 1.165) is 11.3 Å². The molecule has 0 spiro atoms. The van der Waals surface area contributed by atoms with Crippen LogP contribution in [0.3, 0.4) is 0 Å². The van der Waals surface area contributed by atoms with Crippen LogP contribution in [0.4, 0.5) is 0 Å². The summed E-state index contributed by atoms with van der Waals surface area (Å²) in [7, 11) is 0. The van der Waals surface area contributed by atoms with E-state index in [4.69, 9.17) is 34.8 Å². The van der Waals surface area contributed by atoms with E-state index in [1.54, 1.807) is 17.6 Å². The zero-order valence-corrected chi connectivity index (χ0v) is 9.88. The van der Waals surface area contributed by atoms with Crippen LogP contribution in [0.5, 0.6) is 0 Å². The molecule has 0 amide bonds. The molecule has 0 aliphatic carbocycles. The normalized spacial score (nSPS) is 10.5. The predicted molar refractivity (Wildman–Crippen MR) is 62.6 cm³/mol. The Hall–Kier alpha value is -0.280. The molecule has 0 atom stereocenters. The van der Waals surface area contributed by atoms with Gasteiger partial charge in [-0.25, -0.2) is 4.98 Å². The van der Waals surface area contributed by atoms with Gasteiger partial charge in [0.1, 0.15) is 0 Å². The summed E-state index contributed by atoms with van der Waals surface area (Å²) in [6, 6.07) is 3.35. The highest BCUT2D eigenvalue weighted by Crippen LogP contribution is 2.34. The summed E-state index contributed by atoms with van der Waals surface area (Å²) < 4.78 is 0. The Morgan fingerprint density at radius 1 is 1.00 bits per heavy atom. The highest BCUT2D eigenvalue weighted by atomic mass is 35.5. The molecule has 0 aliphatic rings. The molecule has 1 aromatic carbocycles. The van der Waals surface area contributed by atoms with Crippen molar-refractivity contribution in [1.29, 1.82) is 0 Å². The van der Waals surface area contributed by atoms with Crippen LogP contribution in [0.1, 0.15) is 0 Å². The number of benzene rings is 1. The summed E-state index contributed by atoms with van der Waals surface area (Å²) in [6.45, 7) is 0. The van der Waals surface area contributed by atoms with Crippen LogP contribution in [-0.4, -0.2) is 4.98 Å². The summed E-state index contributed by atoms with van der Waals surface area (Å²) in [4.78, 5) is 4.15. The molecule has 2 rings (SSSR count). The van der Waals surface area contributed by atoms with Gasteiger partial charge in [-0.05, 0) is 12.1 Å². The van der Waals surface area contributed by atoms with Crippen LogP contribution < -0.4 is 0 Å². The van der Waals surface area contributed by atoms with E-state index in [2.05, 4.69) is 4.98 Å². The van der Waals surface area contributed by atoms with Crippen molar-refractivity contribution in [2.75, 3.05) is 0 Å². The molecular weight excluding hydrogens is 261 g/mol. The third kappa shape index (κ3) is 1.89. The molecule has 1 aromatic heterocycles. The van der Waals surface area contributed by atoms with Gasteiger partial charge in [-0.1, -0.05) is 34.8 Å². The summed E-state index contributed by atoms with van der Waals surface area (Å²) in [5.41, 5.74) is 3.37. The SMILES string of the molecule is Clc1cc(Cl)c(-c2cscn2)cc1Cl. The Morgan fingerprint density at radius 2 is 1.71 bits per heavy atom. The topological polar surface area (TPSA) is 12.9 Å². The van der Waals surface area contributed by atoms with Crippen molar-refractivity contribution in [3.63, 3.8) is 0 Å². The zero-order chi connectivity index (χ0) is 10.1. The Morgan fingerprint density at radius 3 is 2.36 bits per heavy atom. The van der Waals surface area contributed by atoms with Crippen molar-refractivity contribution in [2.45, 2.75) is 0 Å². The van der Waals surface area contributed by atoms with E-state index in [1.807, 2.05) is 5.38 Å². The molecule has 1 heterocycles. The molecule has 0 bridgehead atoms. The Kier molecular flexibility index (Phi) is 2.98. The molecule has 1 nitrogen and oxygen atoms in total. The van der Waals surface area contributed by atoms with Crippen molar-refractivity contribution in [2.24, 2.45) is 0 Å². The van der Waals surface area contributed by atoms with Crippen molar-refractivity contribution < 1.29 is 0 Å². The first-order valence-electron chi connectivity index (χ1n) is 3.71. The second-order valence-corrected chi connectivity index (χ2v) is 4.56. The van der Waals surface area contributed by atoms with E-state index in [9.17, 15) is 0 Å². The van der Waals surface area contributed by atoms with Crippen LogP contribution in [0.2, 0.25) is 15.1 Å². The van der Waals surface area contributed by atoms with Gasteiger partial charge in [-0.15, -0.1) is 11.3 Å². The smallest absolute Gasteiger partial charge is 0.0826 e. The monoisotopic (exact) mass is 263 g/mol. The van der Waals surface area contributed by atoms with Gasteiger partial charge in [0.15, 0.2) is 0 Å². The Labute approximate surface area is 100 Å². The minimum atomic E-state index is 0.454. The number of hydrogen-bond donors (Lipinski definition) is 0. The predicted octanol–water partition coefficient (Wildman–Crippen LogP) is 4.77. The highest BCUT2D eigenvalue weighted by molar-refractivity contribution is 7.07. The van der Waals surface area contributed by atoms with Gasteiger partial charge in [0.2, 0.25) is 0 Å². The second-order valence-electron chi connectivity index (χ2n) is 2.62. The lowest BCUT2D eigenvalue weighted by Gasteiger charge is -2.03. The molecule has 0 N–H and O–H groups in total. The van der Waals surface area contributed by atoms with E-state index in [0.29, 0.717) is 15.1 Å². The summed E-state index contributed by atoms with van der Waals surface area (Å²) in [5, 5.41) is 3.41. The Balaban J connectivity index is 2.60. The van der Waals surface area contributed by atoms with Crippen LogP contribution >= 0.6 is 46.1 Å². The third-order valence-electron chi connectivity index (χ3n) is 1.72. The maximum absolute atomic E-state index is 6.01. The largest absolute Gasteiger partial charge is 0.245 e. The van der Waals surface area contributed by atoms with E-state index >= 15 is 0 Å². The molecule has 14 heavy (non-hydrogen) atoms. The van der Waals surface area contributed by atoms with Crippen LogP contribution in [0, 0.1) is 0 Å². The van der Waals surface area contributed by atoms with Crippen molar-refractivity contribution in [1.82, 2.24) is 4.98 Å². The maximum Gasteiger partial charge on any atom is 0.0826 e. The van der Waals surface area contributed by atoms with Gasteiger partial charge >= 0.3 is 0 Å². The van der Waals surface area contributed by atoms with E-state index < -0.39 is 0 Å². The number of rotatable bonds is 1. The zero-order valence-electron chi connectivity index (χ0n) is 6.80. The quantitative estimate of drug-likeness (QED) is 0.676. The van der Waals surface area contributed by atoms with Crippen molar-refractivity contribution in [3.8, 4) is 11.3 Å². The lowest BCUT2D eigenvalue weighted by molar-refractivity contribution is 1.41. The number of hydrogen-bond acceptors (Lipinski definition) is 2. The maximum atomic E-state index is 6.01. The molecule has 0 radical (unpaired) electrons. The standard InChI is InChI=1S/C9H4Cl3NS/c10-6-2-8(12)7(11)1-5(6)9-3-14-4-13-9/h1-4H. The fourth-order valence-corrected chi connectivity index (χ4v) is 2.26. The fraction of sp³-hybridized carbons (Fsp3) is 0. The number of aromatic nitrogens is 1. The lowest BCUT2D eigenvalue weighted by Crippen LogP contribution is -1.80. The van der Waals surface area contributed by atoms with Crippen LogP contribution in [-0.2, 0) is 0 Å². The molecule has 0 saturated heterocycles. The first-order valence-corrected chi connectivity index (χ1v) is 5.79. The summed E-state index contributed by atoms with van der Waals surface area (Å²) in [5.74, 6) is 0. The second kappa shape index (κ2) is 4.07. The first kappa shape index (κ1) is 10.2. The summed E-state index contributed by atoms with van der Waals surface area (Å²) in [6.07, 6.45) is 0. The van der Waals surface area contributed by atoms with Gasteiger partial charge in [-0.3, -0.25) is 0 Å². The lowest BCUT2D eigenvalue weighted by atomic mass is 10.2. The van der Waals surface area contributed by atoms with E-state index in [1.165, 1.54) is 11.3 Å². The summed E-state index contributed by atoms with van der Waals surface area (Å²) >= 11 is 19.2. The van der Waals surface area contributed by atoms with Crippen molar-refractivity contribution >= 4 is 46.1 Å². The fourth-order valence-electron chi connectivity index (χ4n) is 1.06. The van der Waals surface area contributed by atoms with E-state index in [-0.39, 0.29) is 0 Å². The van der Waals surface area contributed by atoms with Crippen LogP contribution in [0.25, 0.3) is 11.3 Å². The third-order valence-corrected chi connectivity index (χ3v) is 3.34. The average molecular weight is 265 g/mol. The minimum absolute atomic E-state index is 0.454. The highest BCUT2D eigenvalue weighted by Gasteiger charge is 2.08. The molecular formula is C9H4Cl3NS. The number of halogens is 3. The van der Waals surface area contributed by atoms with Gasteiger partial charge < -0.3 is 0 Å². The Bertz CT molecular complexity index is 453. The van der Waals surface area contributed by atoms with Crippen LogP contribution in [0.15, 0.2) is 23.0 Å². The number of nitrogens with zero attached hydrogens (tertiary/aromatic N) is 1. The molecule has 5 heteroatoms. The van der Waals surface area contributed by atoms with Gasteiger partial charge in [0.25, 0.3) is 0 Å². The molecule has 0 unspecified atom stereocenters.